The van der Waals surface area contributed by atoms with Gasteiger partial charge in [-0.1, -0.05) is 164 Å². The molecule has 0 atom stereocenters. The Hall–Kier alpha value is -6.32. The van der Waals surface area contributed by atoms with Crippen LogP contribution >= 0.6 is 0 Å². The summed E-state index contributed by atoms with van der Waals surface area (Å²) in [6, 6.07) is 64.9. The molecule has 1 heterocycles. The van der Waals surface area contributed by atoms with Crippen molar-refractivity contribution in [3.63, 3.8) is 0 Å². The number of nitrogens with zero attached hydrogens (tertiary/aromatic N) is 3. The van der Waals surface area contributed by atoms with Crippen molar-refractivity contribution in [3.8, 4) is 11.1 Å². The number of amidine groups is 1. The molecule has 232 valence electrons. The van der Waals surface area contributed by atoms with Gasteiger partial charge < -0.3 is 4.57 Å². The maximum absolute atomic E-state index is 5.20. The zero-order chi connectivity index (χ0) is 32.6. The Balaban J connectivity index is 1.28. The van der Waals surface area contributed by atoms with Crippen molar-refractivity contribution in [2.45, 2.75) is 12.1 Å². The van der Waals surface area contributed by atoms with E-state index in [0.29, 0.717) is 12.5 Å². The second-order valence-electron chi connectivity index (χ2n) is 12.5. The number of fused-ring (bicyclic) bond motifs is 6. The van der Waals surface area contributed by atoms with Crippen LogP contribution in [0.4, 0.5) is 0 Å². The fraction of sp³-hybridized carbons (Fsp3) is 0.0435. The molecule has 0 radical (unpaired) electrons. The summed E-state index contributed by atoms with van der Waals surface area (Å²) in [5.74, 6) is 0.703. The quantitative estimate of drug-likeness (QED) is 0.130. The molecule has 1 aromatic heterocycles. The molecule has 0 saturated heterocycles. The molecule has 0 spiro atoms. The molecule has 0 N–H and O–H groups in total. The van der Waals surface area contributed by atoms with Gasteiger partial charge >= 0.3 is 0 Å². The standard InChI is InChI=1S/C46H33N3/c1-5-17-33(18-6-1)31-47-45(34-19-7-2-8-20-34)48-32-49-43-28-16-14-26-38(43)40-29-42-39(30-44(40)49)37-25-13-15-27-41(37)46(42,35-21-9-3-10-22-35)36-23-11-4-12-24-36/h1-31H,32H2/b47-31+,48-45-. The van der Waals surface area contributed by atoms with Crippen molar-refractivity contribution < 1.29 is 0 Å². The third-order valence-corrected chi connectivity index (χ3v) is 9.88. The van der Waals surface area contributed by atoms with Crippen molar-refractivity contribution in [3.05, 3.63) is 215 Å². The lowest BCUT2D eigenvalue weighted by atomic mass is 9.67. The number of para-hydroxylation sites is 1. The smallest absolute Gasteiger partial charge is 0.156 e. The largest absolute Gasteiger partial charge is 0.320 e. The lowest BCUT2D eigenvalue weighted by Gasteiger charge is -2.33. The monoisotopic (exact) mass is 627 g/mol. The van der Waals surface area contributed by atoms with E-state index in [0.717, 1.165) is 22.2 Å². The Bertz CT molecular complexity index is 2450. The molecule has 0 saturated carbocycles. The fourth-order valence-corrected chi connectivity index (χ4v) is 7.74. The van der Waals surface area contributed by atoms with Crippen molar-refractivity contribution in [1.29, 1.82) is 0 Å². The molecule has 7 aromatic carbocycles. The van der Waals surface area contributed by atoms with Crippen LogP contribution in [0.2, 0.25) is 0 Å². The van der Waals surface area contributed by atoms with Crippen LogP contribution < -0.4 is 0 Å². The lowest BCUT2D eigenvalue weighted by Crippen LogP contribution is -2.28. The number of hydrogen-bond acceptors (Lipinski definition) is 1. The summed E-state index contributed by atoms with van der Waals surface area (Å²) in [5.41, 5.74) is 11.6. The van der Waals surface area contributed by atoms with Crippen molar-refractivity contribution in [2.75, 3.05) is 0 Å². The Morgan fingerprint density at radius 2 is 1.10 bits per heavy atom. The molecule has 0 amide bonds. The normalized spacial score (nSPS) is 13.6. The van der Waals surface area contributed by atoms with Crippen LogP contribution in [0, 0.1) is 0 Å². The van der Waals surface area contributed by atoms with Crippen LogP contribution in [0.25, 0.3) is 32.9 Å². The minimum Gasteiger partial charge on any atom is -0.320 e. The number of hydrogen-bond donors (Lipinski definition) is 0. The van der Waals surface area contributed by atoms with Gasteiger partial charge in [0.2, 0.25) is 0 Å². The fourth-order valence-electron chi connectivity index (χ4n) is 7.74. The molecule has 0 bridgehead atoms. The number of rotatable bonds is 6. The van der Waals surface area contributed by atoms with E-state index in [1.807, 2.05) is 42.6 Å². The first-order valence-corrected chi connectivity index (χ1v) is 16.8. The van der Waals surface area contributed by atoms with Crippen molar-refractivity contribution >= 4 is 33.9 Å². The number of aromatic nitrogens is 1. The summed E-state index contributed by atoms with van der Waals surface area (Å²) >= 11 is 0. The molecular formula is C46H33N3. The van der Waals surface area contributed by atoms with Gasteiger partial charge in [-0.15, -0.1) is 0 Å². The van der Waals surface area contributed by atoms with E-state index in [2.05, 4.69) is 150 Å². The second kappa shape index (κ2) is 12.0. The zero-order valence-electron chi connectivity index (χ0n) is 26.9. The highest BCUT2D eigenvalue weighted by atomic mass is 15.1. The summed E-state index contributed by atoms with van der Waals surface area (Å²) in [7, 11) is 0. The van der Waals surface area contributed by atoms with Crippen molar-refractivity contribution in [1.82, 2.24) is 4.57 Å². The molecule has 1 aliphatic carbocycles. The summed E-state index contributed by atoms with van der Waals surface area (Å²) in [4.78, 5) is 10.1. The summed E-state index contributed by atoms with van der Waals surface area (Å²) in [5, 5.41) is 2.44. The maximum atomic E-state index is 5.20. The van der Waals surface area contributed by atoms with Gasteiger partial charge in [-0.2, -0.15) is 0 Å². The van der Waals surface area contributed by atoms with Crippen LogP contribution in [-0.4, -0.2) is 16.6 Å². The highest BCUT2D eigenvalue weighted by molar-refractivity contribution is 6.11. The summed E-state index contributed by atoms with van der Waals surface area (Å²) < 4.78 is 2.35. The van der Waals surface area contributed by atoms with E-state index in [1.165, 1.54) is 44.2 Å². The van der Waals surface area contributed by atoms with Crippen molar-refractivity contribution in [2.24, 2.45) is 9.98 Å². The molecule has 0 fully saturated rings. The highest BCUT2D eigenvalue weighted by Gasteiger charge is 2.46. The first-order chi connectivity index (χ1) is 24.3. The van der Waals surface area contributed by atoms with Gasteiger partial charge in [-0.05, 0) is 57.1 Å². The van der Waals surface area contributed by atoms with Gasteiger partial charge in [0.25, 0.3) is 0 Å². The zero-order valence-corrected chi connectivity index (χ0v) is 26.9. The van der Waals surface area contributed by atoms with Gasteiger partial charge in [0, 0.05) is 22.6 Å². The Morgan fingerprint density at radius 3 is 1.82 bits per heavy atom. The minimum absolute atomic E-state index is 0.434. The van der Waals surface area contributed by atoms with Gasteiger partial charge in [0.1, 0.15) is 6.67 Å². The molecule has 3 heteroatoms. The summed E-state index contributed by atoms with van der Waals surface area (Å²) in [6.07, 6.45) is 1.90. The predicted molar refractivity (Wildman–Crippen MR) is 204 cm³/mol. The molecule has 9 rings (SSSR count). The molecule has 0 aliphatic heterocycles. The van der Waals surface area contributed by atoms with Crippen LogP contribution in [0.1, 0.15) is 33.4 Å². The molecule has 49 heavy (non-hydrogen) atoms. The molecule has 8 aromatic rings. The Kier molecular flexibility index (Phi) is 7.09. The van der Waals surface area contributed by atoms with Gasteiger partial charge in [0.15, 0.2) is 5.84 Å². The first kappa shape index (κ1) is 28.9. The van der Waals surface area contributed by atoms with E-state index in [1.54, 1.807) is 0 Å². The lowest BCUT2D eigenvalue weighted by molar-refractivity contribution is 0.768. The van der Waals surface area contributed by atoms with E-state index >= 15 is 0 Å². The first-order valence-electron chi connectivity index (χ1n) is 16.8. The average Bonchev–Trinajstić information content (AvgIpc) is 3.65. The third-order valence-electron chi connectivity index (χ3n) is 9.88. The highest BCUT2D eigenvalue weighted by Crippen LogP contribution is 2.57. The predicted octanol–water partition coefficient (Wildman–Crippen LogP) is 10.7. The molecule has 0 unspecified atom stereocenters. The number of aliphatic imine (C=N–C) groups is 2. The maximum Gasteiger partial charge on any atom is 0.156 e. The van der Waals surface area contributed by atoms with Gasteiger partial charge in [-0.3, -0.25) is 0 Å². The topological polar surface area (TPSA) is 29.6 Å². The Labute approximate surface area is 286 Å². The van der Waals surface area contributed by atoms with E-state index in [4.69, 9.17) is 9.98 Å². The van der Waals surface area contributed by atoms with Gasteiger partial charge in [-0.25, -0.2) is 9.98 Å². The molecule has 1 aliphatic rings. The van der Waals surface area contributed by atoms with Gasteiger partial charge in [0.05, 0.1) is 16.4 Å². The average molecular weight is 628 g/mol. The van der Waals surface area contributed by atoms with E-state index < -0.39 is 5.41 Å². The van der Waals surface area contributed by atoms with Crippen LogP contribution in [0.5, 0.6) is 0 Å². The third kappa shape index (κ3) is 4.74. The van der Waals surface area contributed by atoms with E-state index in [-0.39, 0.29) is 0 Å². The number of benzene rings is 7. The Morgan fingerprint density at radius 1 is 0.510 bits per heavy atom. The second-order valence-corrected chi connectivity index (χ2v) is 12.5. The summed E-state index contributed by atoms with van der Waals surface area (Å²) in [6.45, 7) is 0.434. The minimum atomic E-state index is -0.448. The van der Waals surface area contributed by atoms with E-state index in [9.17, 15) is 0 Å². The molecule has 3 nitrogen and oxygen atoms in total. The van der Waals surface area contributed by atoms with Crippen LogP contribution in [0.15, 0.2) is 192 Å². The van der Waals surface area contributed by atoms with Crippen LogP contribution in [-0.2, 0) is 12.1 Å². The SMILES string of the molecule is C(=N\C(=N/Cn1c2ccccc2c2cc3c(cc21)-c1ccccc1C3(c1ccccc1)c1ccccc1)c1ccccc1)/c1ccccc1. The molecular weight excluding hydrogens is 595 g/mol. The van der Waals surface area contributed by atoms with Crippen LogP contribution in [0.3, 0.4) is 0 Å².